The second-order valence-electron chi connectivity index (χ2n) is 5.42. The van der Waals surface area contributed by atoms with Gasteiger partial charge in [0, 0.05) is 5.69 Å². The second kappa shape index (κ2) is 6.92. The number of hydrogen-bond acceptors (Lipinski definition) is 4. The number of ether oxygens (including phenoxy) is 1. The molecule has 6 nitrogen and oxygen atoms in total. The Hall–Kier alpha value is -2.90. The Labute approximate surface area is 145 Å². The summed E-state index contributed by atoms with van der Waals surface area (Å²) < 4.78 is 27.9. The number of sulfonamides is 1. The first-order chi connectivity index (χ1) is 11.9. The number of amides is 1. The molecule has 0 saturated carbocycles. The number of nitrogens with one attached hydrogen (secondary N) is 1. The number of carbonyl (C=O) groups excluding carboxylic acids is 1. The number of carbonyl (C=O) groups is 1. The number of hydrogen-bond donors (Lipinski definition) is 2. The molecule has 0 bridgehead atoms. The molecule has 0 heterocycles. The summed E-state index contributed by atoms with van der Waals surface area (Å²) in [7, 11) is -3.75. The SMILES string of the molecule is NS(=O)(=O)c1ccc(NC(=O)COc2ccc3ccccc3c2)cc1. The van der Waals surface area contributed by atoms with E-state index < -0.39 is 10.0 Å². The normalized spacial score (nSPS) is 11.2. The van der Waals surface area contributed by atoms with Crippen molar-refractivity contribution in [2.45, 2.75) is 4.90 Å². The molecule has 0 aliphatic carbocycles. The number of anilines is 1. The largest absolute Gasteiger partial charge is 0.484 e. The van der Waals surface area contributed by atoms with Crippen molar-refractivity contribution in [3.63, 3.8) is 0 Å². The summed E-state index contributed by atoms with van der Waals surface area (Å²) in [6.07, 6.45) is 0. The van der Waals surface area contributed by atoms with Gasteiger partial charge in [-0.25, -0.2) is 13.6 Å². The first kappa shape index (κ1) is 16.9. The monoisotopic (exact) mass is 356 g/mol. The molecule has 7 heteroatoms. The van der Waals surface area contributed by atoms with Gasteiger partial charge in [-0.15, -0.1) is 0 Å². The van der Waals surface area contributed by atoms with Gasteiger partial charge in [-0.1, -0.05) is 30.3 Å². The molecule has 128 valence electrons. The topological polar surface area (TPSA) is 98.5 Å². The fourth-order valence-electron chi connectivity index (χ4n) is 2.33. The summed E-state index contributed by atoms with van der Waals surface area (Å²) in [4.78, 5) is 11.9. The van der Waals surface area contributed by atoms with Crippen LogP contribution in [0.1, 0.15) is 0 Å². The summed E-state index contributed by atoms with van der Waals surface area (Å²) in [6, 6.07) is 19.0. The van der Waals surface area contributed by atoms with Crippen LogP contribution in [0, 0.1) is 0 Å². The molecule has 0 radical (unpaired) electrons. The minimum Gasteiger partial charge on any atom is -0.484 e. The summed E-state index contributed by atoms with van der Waals surface area (Å²) in [5.74, 6) is 0.245. The number of rotatable bonds is 5. The van der Waals surface area contributed by atoms with Crippen molar-refractivity contribution in [1.82, 2.24) is 0 Å². The van der Waals surface area contributed by atoms with E-state index in [9.17, 15) is 13.2 Å². The van der Waals surface area contributed by atoms with Crippen LogP contribution in [0.2, 0.25) is 0 Å². The van der Waals surface area contributed by atoms with Crippen LogP contribution in [0.25, 0.3) is 10.8 Å². The lowest BCUT2D eigenvalue weighted by Gasteiger charge is -2.09. The molecular formula is C18H16N2O4S. The van der Waals surface area contributed by atoms with E-state index in [2.05, 4.69) is 5.32 Å². The van der Waals surface area contributed by atoms with Crippen LogP contribution in [0.5, 0.6) is 5.75 Å². The molecular weight excluding hydrogens is 340 g/mol. The minimum atomic E-state index is -3.75. The molecule has 3 N–H and O–H groups in total. The summed E-state index contributed by atoms with van der Waals surface area (Å²) in [5.41, 5.74) is 0.458. The Morgan fingerprint density at radius 1 is 0.960 bits per heavy atom. The average Bonchev–Trinajstić information content (AvgIpc) is 2.59. The third kappa shape index (κ3) is 4.34. The van der Waals surface area contributed by atoms with Crippen LogP contribution in [-0.2, 0) is 14.8 Å². The van der Waals surface area contributed by atoms with Gasteiger partial charge in [-0.2, -0.15) is 0 Å². The van der Waals surface area contributed by atoms with Crippen LogP contribution in [0.3, 0.4) is 0 Å². The van der Waals surface area contributed by atoms with E-state index in [4.69, 9.17) is 9.88 Å². The molecule has 0 fully saturated rings. The minimum absolute atomic E-state index is 0.0158. The van der Waals surface area contributed by atoms with Gasteiger partial charge < -0.3 is 10.1 Å². The van der Waals surface area contributed by atoms with Gasteiger partial charge in [0.25, 0.3) is 5.91 Å². The standard InChI is InChI=1S/C18H16N2O4S/c19-25(22,23)17-9-6-15(7-10-17)20-18(21)12-24-16-8-5-13-3-1-2-4-14(13)11-16/h1-11H,12H2,(H,20,21)(H2,19,22,23). The lowest BCUT2D eigenvalue weighted by molar-refractivity contribution is -0.118. The molecule has 3 aromatic rings. The second-order valence-corrected chi connectivity index (χ2v) is 6.98. The molecule has 25 heavy (non-hydrogen) atoms. The predicted octanol–water partition coefficient (Wildman–Crippen LogP) is 2.50. The fourth-order valence-corrected chi connectivity index (χ4v) is 2.85. The van der Waals surface area contributed by atoms with Crippen molar-refractivity contribution >= 4 is 32.4 Å². The smallest absolute Gasteiger partial charge is 0.262 e. The average molecular weight is 356 g/mol. The third-order valence-corrected chi connectivity index (χ3v) is 4.49. The van der Waals surface area contributed by atoms with Crippen molar-refractivity contribution in [3.05, 3.63) is 66.7 Å². The maximum Gasteiger partial charge on any atom is 0.262 e. The number of nitrogens with two attached hydrogens (primary N) is 1. The van der Waals surface area contributed by atoms with Crippen molar-refractivity contribution in [3.8, 4) is 5.75 Å². The maximum absolute atomic E-state index is 12.0. The maximum atomic E-state index is 12.0. The fraction of sp³-hybridized carbons (Fsp3) is 0.0556. The number of primary sulfonamides is 1. The predicted molar refractivity (Wildman–Crippen MR) is 95.9 cm³/mol. The first-order valence-electron chi connectivity index (χ1n) is 7.46. The first-order valence-corrected chi connectivity index (χ1v) is 9.01. The molecule has 0 aliphatic heterocycles. The van der Waals surface area contributed by atoms with E-state index in [0.717, 1.165) is 10.8 Å². The van der Waals surface area contributed by atoms with Crippen LogP contribution >= 0.6 is 0 Å². The Bertz CT molecular complexity index is 1010. The molecule has 0 saturated heterocycles. The molecule has 0 aromatic heterocycles. The molecule has 0 aliphatic rings. The molecule has 3 aromatic carbocycles. The van der Waals surface area contributed by atoms with Gasteiger partial charge in [0.15, 0.2) is 6.61 Å². The zero-order valence-corrected chi connectivity index (χ0v) is 14.0. The Morgan fingerprint density at radius 3 is 2.32 bits per heavy atom. The Balaban J connectivity index is 1.60. The zero-order chi connectivity index (χ0) is 17.9. The molecule has 1 amide bonds. The van der Waals surface area contributed by atoms with Gasteiger partial charge in [0.1, 0.15) is 5.75 Å². The summed E-state index contributed by atoms with van der Waals surface area (Å²) in [5, 5.41) is 9.77. The Kier molecular flexibility index (Phi) is 4.69. The lowest BCUT2D eigenvalue weighted by atomic mass is 10.1. The van der Waals surface area contributed by atoms with Gasteiger partial charge in [0.2, 0.25) is 10.0 Å². The quantitative estimate of drug-likeness (QED) is 0.734. The third-order valence-electron chi connectivity index (χ3n) is 3.56. The van der Waals surface area contributed by atoms with Crippen LogP contribution < -0.4 is 15.2 Å². The van der Waals surface area contributed by atoms with Gasteiger partial charge >= 0.3 is 0 Å². The highest BCUT2D eigenvalue weighted by molar-refractivity contribution is 7.89. The molecule has 0 atom stereocenters. The van der Waals surface area contributed by atoms with E-state index in [1.165, 1.54) is 24.3 Å². The van der Waals surface area contributed by atoms with Crippen LogP contribution in [-0.4, -0.2) is 20.9 Å². The van der Waals surface area contributed by atoms with E-state index in [1.54, 1.807) is 6.07 Å². The van der Waals surface area contributed by atoms with E-state index in [0.29, 0.717) is 11.4 Å². The number of fused-ring (bicyclic) bond motifs is 1. The highest BCUT2D eigenvalue weighted by atomic mass is 32.2. The van der Waals surface area contributed by atoms with Crippen LogP contribution in [0.4, 0.5) is 5.69 Å². The van der Waals surface area contributed by atoms with E-state index >= 15 is 0 Å². The zero-order valence-electron chi connectivity index (χ0n) is 13.2. The Morgan fingerprint density at radius 2 is 1.64 bits per heavy atom. The lowest BCUT2D eigenvalue weighted by Crippen LogP contribution is -2.20. The highest BCUT2D eigenvalue weighted by Crippen LogP contribution is 2.20. The van der Waals surface area contributed by atoms with E-state index in [1.807, 2.05) is 36.4 Å². The van der Waals surface area contributed by atoms with Gasteiger partial charge in [-0.3, -0.25) is 4.79 Å². The molecule has 0 unspecified atom stereocenters. The summed E-state index contributed by atoms with van der Waals surface area (Å²) >= 11 is 0. The van der Waals surface area contributed by atoms with Gasteiger partial charge in [0.05, 0.1) is 4.90 Å². The highest BCUT2D eigenvalue weighted by Gasteiger charge is 2.08. The van der Waals surface area contributed by atoms with Crippen molar-refractivity contribution < 1.29 is 17.9 Å². The molecule has 3 rings (SSSR count). The number of benzene rings is 3. The van der Waals surface area contributed by atoms with Crippen LogP contribution in [0.15, 0.2) is 71.6 Å². The van der Waals surface area contributed by atoms with Crippen molar-refractivity contribution in [1.29, 1.82) is 0 Å². The van der Waals surface area contributed by atoms with Gasteiger partial charge in [-0.05, 0) is 47.2 Å². The van der Waals surface area contributed by atoms with E-state index in [-0.39, 0.29) is 17.4 Å². The molecule has 0 spiro atoms. The summed E-state index contributed by atoms with van der Waals surface area (Å²) in [6.45, 7) is -0.157. The van der Waals surface area contributed by atoms with Crippen molar-refractivity contribution in [2.24, 2.45) is 5.14 Å². The van der Waals surface area contributed by atoms with Crippen molar-refractivity contribution in [2.75, 3.05) is 11.9 Å².